The van der Waals surface area contributed by atoms with Crippen molar-refractivity contribution >= 4 is 28.2 Å². The molecule has 1 aromatic rings. The highest BCUT2D eigenvalue weighted by Crippen LogP contribution is 2.37. The average Bonchev–Trinajstić information content (AvgIpc) is 2.36. The Morgan fingerprint density at radius 2 is 1.59 bits per heavy atom. The maximum absolute atomic E-state index is 12.7. The Balaban J connectivity index is 3.24. The van der Waals surface area contributed by atoms with Crippen LogP contribution in [0.5, 0.6) is 0 Å². The van der Waals surface area contributed by atoms with Crippen molar-refractivity contribution in [3.63, 3.8) is 0 Å². The molecule has 1 rings (SSSR count). The molecule has 0 N–H and O–H groups in total. The summed E-state index contributed by atoms with van der Waals surface area (Å²) in [6, 6.07) is 3.08. The van der Waals surface area contributed by atoms with E-state index in [0.717, 1.165) is 11.8 Å². The number of halogens is 6. The summed E-state index contributed by atoms with van der Waals surface area (Å²) < 4.78 is 76.2. The smallest absolute Gasteiger partial charge is 0.198 e. The van der Waals surface area contributed by atoms with E-state index in [4.69, 9.17) is 17.5 Å². The van der Waals surface area contributed by atoms with Crippen LogP contribution in [0, 0.1) is 11.3 Å². The lowest BCUT2D eigenvalue weighted by molar-refractivity contribution is -0.143. The van der Waals surface area contributed by atoms with Gasteiger partial charge < -0.3 is 0 Å². The van der Waals surface area contributed by atoms with Gasteiger partial charge in [0.2, 0.25) is 0 Å². The van der Waals surface area contributed by atoms with Crippen LogP contribution in [0.25, 0.3) is 0 Å². The summed E-state index contributed by atoms with van der Waals surface area (Å²) in [5.74, 6) is 0. The van der Waals surface area contributed by atoms with Gasteiger partial charge in [0.25, 0.3) is 0 Å². The van der Waals surface area contributed by atoms with Gasteiger partial charge in [0.05, 0.1) is 21.4 Å². The molecule has 0 amide bonds. The number of nitrogens with zero attached hydrogens (tertiary/aromatic N) is 1. The van der Waals surface area contributed by atoms with E-state index in [-0.39, 0.29) is 27.5 Å². The van der Waals surface area contributed by atoms with Crippen molar-refractivity contribution in [3.05, 3.63) is 34.9 Å². The lowest BCUT2D eigenvalue weighted by atomic mass is 10.1. The number of rotatable bonds is 3. The Kier molecular flexibility index (Phi) is 5.87. The summed E-state index contributed by atoms with van der Waals surface area (Å²) >= 11 is 5.78. The van der Waals surface area contributed by atoms with E-state index in [1.807, 2.05) is 6.07 Å². The van der Waals surface area contributed by atoms with E-state index in [1.54, 1.807) is 6.92 Å². The topological polar surface area (TPSA) is 23.8 Å². The summed E-state index contributed by atoms with van der Waals surface area (Å²) in [4.78, 5) is 0. The van der Waals surface area contributed by atoms with Crippen LogP contribution in [0.3, 0.4) is 0 Å². The number of benzene rings is 1. The van der Waals surface area contributed by atoms with Gasteiger partial charge in [-0.05, 0) is 18.2 Å². The van der Waals surface area contributed by atoms with Gasteiger partial charge in [0.15, 0.2) is 0 Å². The highest BCUT2D eigenvalue weighted by molar-refractivity contribution is 8.24. The Bertz CT molecular complexity index is 568. The molecule has 0 spiro atoms. The number of hydrogen-bond acceptors (Lipinski definition) is 3. The summed E-state index contributed by atoms with van der Waals surface area (Å²) in [7, 11) is 0. The van der Waals surface area contributed by atoms with Crippen LogP contribution in [0.1, 0.15) is 30.0 Å². The number of thioether (sulfide) groups is 1. The molecule has 0 saturated carbocycles. The summed E-state index contributed by atoms with van der Waals surface area (Å²) in [5, 5.41) is 8.19. The van der Waals surface area contributed by atoms with Gasteiger partial charge in [-0.25, -0.2) is 0 Å². The van der Waals surface area contributed by atoms with Gasteiger partial charge in [-0.2, -0.15) is 31.6 Å². The van der Waals surface area contributed by atoms with E-state index in [1.165, 1.54) is 0 Å². The number of nitriles is 1. The predicted octanol–water partition coefficient (Wildman–Crippen LogP) is 5.44. The molecule has 9 heteroatoms. The Morgan fingerprint density at radius 3 is 1.95 bits per heavy atom. The van der Waals surface area contributed by atoms with Crippen LogP contribution in [0.4, 0.5) is 26.3 Å². The van der Waals surface area contributed by atoms with E-state index in [9.17, 15) is 26.3 Å². The van der Waals surface area contributed by atoms with E-state index < -0.39 is 23.5 Å². The third-order valence-electron chi connectivity index (χ3n) is 2.51. The van der Waals surface area contributed by atoms with Crippen molar-refractivity contribution in [2.45, 2.75) is 30.9 Å². The monoisotopic (exact) mass is 357 g/mol. The second kappa shape index (κ2) is 6.87. The van der Waals surface area contributed by atoms with Gasteiger partial charge in [-0.1, -0.05) is 19.1 Å². The molecule has 1 aromatic carbocycles. The molecule has 0 saturated heterocycles. The molecule has 0 aliphatic heterocycles. The SMILES string of the molecule is CC(CC#N)SC(=S)c1cc(C(F)(F)F)cc(C(F)(F)F)c1. The fourth-order valence-corrected chi connectivity index (χ4v) is 2.88. The minimum atomic E-state index is -4.91. The zero-order valence-electron chi connectivity index (χ0n) is 11.0. The highest BCUT2D eigenvalue weighted by atomic mass is 32.2. The fraction of sp³-hybridized carbons (Fsp3) is 0.385. The molecule has 0 bridgehead atoms. The first-order chi connectivity index (χ1) is 9.95. The second-order valence-corrected chi connectivity index (χ2v) is 6.49. The van der Waals surface area contributed by atoms with E-state index >= 15 is 0 Å². The molecule has 0 aliphatic carbocycles. The Labute approximate surface area is 132 Å². The molecule has 120 valence electrons. The normalized spacial score (nSPS) is 13.5. The van der Waals surface area contributed by atoms with Crippen LogP contribution in [-0.2, 0) is 12.4 Å². The minimum absolute atomic E-state index is 0.0511. The zero-order chi connectivity index (χ0) is 17.1. The summed E-state index contributed by atoms with van der Waals surface area (Å²) in [6.45, 7) is 1.61. The summed E-state index contributed by atoms with van der Waals surface area (Å²) in [6.07, 6.45) is -9.74. The van der Waals surface area contributed by atoms with Crippen molar-refractivity contribution in [1.82, 2.24) is 0 Å². The van der Waals surface area contributed by atoms with Gasteiger partial charge in [-0.3, -0.25) is 0 Å². The number of thiocarbonyl (C=S) groups is 1. The van der Waals surface area contributed by atoms with Crippen molar-refractivity contribution in [3.8, 4) is 6.07 Å². The van der Waals surface area contributed by atoms with Gasteiger partial charge in [0, 0.05) is 17.2 Å². The number of alkyl halides is 6. The molecule has 1 atom stereocenters. The van der Waals surface area contributed by atoms with Gasteiger partial charge >= 0.3 is 12.4 Å². The van der Waals surface area contributed by atoms with Gasteiger partial charge in [-0.15, -0.1) is 11.8 Å². The first-order valence-electron chi connectivity index (χ1n) is 5.82. The molecule has 1 unspecified atom stereocenters. The maximum atomic E-state index is 12.7. The van der Waals surface area contributed by atoms with Crippen LogP contribution >= 0.6 is 24.0 Å². The van der Waals surface area contributed by atoms with Crippen molar-refractivity contribution in [2.75, 3.05) is 0 Å². The van der Waals surface area contributed by atoms with Crippen molar-refractivity contribution in [2.24, 2.45) is 0 Å². The quantitative estimate of drug-likeness (QED) is 0.532. The molecule has 22 heavy (non-hydrogen) atoms. The van der Waals surface area contributed by atoms with Crippen LogP contribution in [0.2, 0.25) is 0 Å². The lowest BCUT2D eigenvalue weighted by Gasteiger charge is -2.15. The van der Waals surface area contributed by atoms with E-state index in [2.05, 4.69) is 0 Å². The molecule has 0 fully saturated rings. The van der Waals surface area contributed by atoms with Crippen LogP contribution in [-0.4, -0.2) is 9.45 Å². The summed E-state index contributed by atoms with van der Waals surface area (Å²) in [5.41, 5.74) is -3.15. The molecule has 0 aliphatic rings. The highest BCUT2D eigenvalue weighted by Gasteiger charge is 2.37. The first-order valence-corrected chi connectivity index (χ1v) is 7.11. The van der Waals surface area contributed by atoms with Crippen LogP contribution in [0.15, 0.2) is 18.2 Å². The molecule has 0 heterocycles. The van der Waals surface area contributed by atoms with Crippen molar-refractivity contribution in [1.29, 1.82) is 5.26 Å². The van der Waals surface area contributed by atoms with Gasteiger partial charge in [0.1, 0.15) is 0 Å². The molecular formula is C13H9F6NS2. The predicted molar refractivity (Wildman–Crippen MR) is 75.4 cm³/mol. The Hall–Kier alpha value is -1.27. The average molecular weight is 357 g/mol. The molecule has 0 radical (unpaired) electrons. The maximum Gasteiger partial charge on any atom is 0.416 e. The lowest BCUT2D eigenvalue weighted by Crippen LogP contribution is -2.13. The number of hydrogen-bond donors (Lipinski definition) is 0. The standard InChI is InChI=1S/C13H9F6NS2/c1-7(2-3-20)22-11(21)8-4-9(12(14,15)16)6-10(5-8)13(17,18)19/h4-7H,2H2,1H3. The largest absolute Gasteiger partial charge is 0.416 e. The third-order valence-corrected chi connectivity index (χ3v) is 4.05. The van der Waals surface area contributed by atoms with E-state index in [0.29, 0.717) is 12.1 Å². The second-order valence-electron chi connectivity index (χ2n) is 4.37. The third kappa shape index (κ3) is 5.18. The zero-order valence-corrected chi connectivity index (χ0v) is 12.7. The van der Waals surface area contributed by atoms with Crippen molar-refractivity contribution < 1.29 is 26.3 Å². The fourth-order valence-electron chi connectivity index (χ4n) is 1.49. The van der Waals surface area contributed by atoms with Crippen LogP contribution < -0.4 is 0 Å². The molecule has 0 aromatic heterocycles. The molecule has 1 nitrogen and oxygen atoms in total. The first kappa shape index (κ1) is 18.8. The molecular weight excluding hydrogens is 348 g/mol. The Morgan fingerprint density at radius 1 is 1.14 bits per heavy atom. The minimum Gasteiger partial charge on any atom is -0.198 e.